The molecule has 1 unspecified atom stereocenters. The Morgan fingerprint density at radius 1 is 1.15 bits per heavy atom. The first kappa shape index (κ1) is 14.7. The molecule has 2 N–H and O–H groups in total. The highest BCUT2D eigenvalue weighted by Gasteiger charge is 2.16. The van der Waals surface area contributed by atoms with E-state index in [0.29, 0.717) is 24.1 Å². The van der Waals surface area contributed by atoms with Crippen LogP contribution in [-0.4, -0.2) is 10.1 Å². The van der Waals surface area contributed by atoms with Crippen LogP contribution < -0.4 is 5.73 Å². The first-order valence-electron chi connectivity index (χ1n) is 7.09. The summed E-state index contributed by atoms with van der Waals surface area (Å²) < 4.78 is 5.27. The fourth-order valence-corrected chi connectivity index (χ4v) is 2.45. The van der Waals surface area contributed by atoms with E-state index in [1.807, 2.05) is 0 Å². The Morgan fingerprint density at radius 2 is 1.80 bits per heavy atom. The lowest BCUT2D eigenvalue weighted by molar-refractivity contribution is 0.333. The van der Waals surface area contributed by atoms with Gasteiger partial charge in [-0.1, -0.05) is 48.3 Å². The summed E-state index contributed by atoms with van der Waals surface area (Å²) in [7, 11) is 0. The number of rotatable bonds is 5. The van der Waals surface area contributed by atoms with E-state index in [1.54, 1.807) is 0 Å². The molecule has 0 aliphatic heterocycles. The lowest BCUT2D eigenvalue weighted by Gasteiger charge is -2.08. The van der Waals surface area contributed by atoms with E-state index in [-0.39, 0.29) is 6.04 Å². The summed E-state index contributed by atoms with van der Waals surface area (Å²) in [6.07, 6.45) is 1.53. The van der Waals surface area contributed by atoms with E-state index < -0.39 is 0 Å². The van der Waals surface area contributed by atoms with Crippen LogP contribution in [-0.2, 0) is 6.42 Å². The molecule has 4 heteroatoms. The van der Waals surface area contributed by atoms with Gasteiger partial charge in [0.1, 0.15) is 0 Å². The smallest absolute Gasteiger partial charge is 0.243 e. The Morgan fingerprint density at radius 3 is 2.40 bits per heavy atom. The summed E-state index contributed by atoms with van der Waals surface area (Å²) in [5.74, 6) is 1.75. The summed E-state index contributed by atoms with van der Waals surface area (Å²) in [6.45, 7) is 8.45. The molecular formula is C16H23N3O. The third kappa shape index (κ3) is 3.90. The molecule has 0 saturated heterocycles. The summed E-state index contributed by atoms with van der Waals surface area (Å²) in [5.41, 5.74) is 9.76. The normalized spacial score (nSPS) is 12.9. The van der Waals surface area contributed by atoms with Gasteiger partial charge in [-0.25, -0.2) is 0 Å². The monoisotopic (exact) mass is 273 g/mol. The predicted molar refractivity (Wildman–Crippen MR) is 79.4 cm³/mol. The first-order valence-corrected chi connectivity index (χ1v) is 7.09. The molecule has 0 radical (unpaired) electrons. The molecule has 1 aromatic carbocycles. The van der Waals surface area contributed by atoms with E-state index in [4.69, 9.17) is 10.3 Å². The molecular weight excluding hydrogens is 250 g/mol. The van der Waals surface area contributed by atoms with Crippen molar-refractivity contribution in [1.29, 1.82) is 0 Å². The van der Waals surface area contributed by atoms with Crippen molar-refractivity contribution in [2.75, 3.05) is 0 Å². The third-order valence-electron chi connectivity index (χ3n) is 3.17. The summed E-state index contributed by atoms with van der Waals surface area (Å²) >= 11 is 0. The average molecular weight is 273 g/mol. The van der Waals surface area contributed by atoms with E-state index in [9.17, 15) is 0 Å². The second-order valence-electron chi connectivity index (χ2n) is 5.96. The van der Waals surface area contributed by atoms with Crippen molar-refractivity contribution in [3.05, 3.63) is 46.6 Å². The van der Waals surface area contributed by atoms with E-state index >= 15 is 0 Å². The molecule has 1 atom stereocenters. The molecule has 0 saturated carbocycles. The Hall–Kier alpha value is -1.68. The van der Waals surface area contributed by atoms with Crippen LogP contribution in [0.2, 0.25) is 0 Å². The zero-order valence-corrected chi connectivity index (χ0v) is 12.7. The Balaban J connectivity index is 2.09. The van der Waals surface area contributed by atoms with E-state index in [2.05, 4.69) is 56.0 Å². The van der Waals surface area contributed by atoms with Crippen molar-refractivity contribution in [1.82, 2.24) is 10.1 Å². The van der Waals surface area contributed by atoms with Crippen LogP contribution in [0.4, 0.5) is 0 Å². The fourth-order valence-electron chi connectivity index (χ4n) is 2.45. The second-order valence-corrected chi connectivity index (χ2v) is 5.96. The summed E-state index contributed by atoms with van der Waals surface area (Å²) in [5, 5.41) is 4.03. The molecule has 0 fully saturated rings. The van der Waals surface area contributed by atoms with Crippen LogP contribution in [0.1, 0.15) is 54.7 Å². The lowest BCUT2D eigenvalue weighted by Crippen LogP contribution is -2.13. The van der Waals surface area contributed by atoms with Gasteiger partial charge in [0.25, 0.3) is 0 Å². The minimum Gasteiger partial charge on any atom is -0.338 e. The van der Waals surface area contributed by atoms with Crippen molar-refractivity contribution in [2.24, 2.45) is 11.7 Å². The third-order valence-corrected chi connectivity index (χ3v) is 3.17. The van der Waals surface area contributed by atoms with Crippen LogP contribution in [0.5, 0.6) is 0 Å². The van der Waals surface area contributed by atoms with Gasteiger partial charge in [0.05, 0.1) is 6.04 Å². The predicted octanol–water partition coefficient (Wildman–Crippen LogP) is 3.32. The van der Waals surface area contributed by atoms with Crippen molar-refractivity contribution in [2.45, 2.75) is 46.6 Å². The van der Waals surface area contributed by atoms with Crippen LogP contribution in [0.3, 0.4) is 0 Å². The molecule has 0 amide bonds. The minimum atomic E-state index is -0.171. The number of nitrogens with zero attached hydrogens (tertiary/aromatic N) is 2. The second kappa shape index (κ2) is 6.18. The quantitative estimate of drug-likeness (QED) is 0.907. The maximum Gasteiger partial charge on any atom is 0.243 e. The number of nitrogens with two attached hydrogens (primary N) is 1. The molecule has 0 aliphatic rings. The molecule has 0 bridgehead atoms. The highest BCUT2D eigenvalue weighted by molar-refractivity contribution is 5.30. The summed E-state index contributed by atoms with van der Waals surface area (Å²) in [4.78, 5) is 4.42. The standard InChI is InChI=1S/C16H23N3O/c1-10(2)5-14(17)16-18-15(19-20-16)9-13-7-11(3)6-12(4)8-13/h6-8,10,14H,5,9,17H2,1-4H3. The van der Waals surface area contributed by atoms with Crippen molar-refractivity contribution in [3.63, 3.8) is 0 Å². The highest BCUT2D eigenvalue weighted by atomic mass is 16.5. The van der Waals surface area contributed by atoms with Crippen LogP contribution in [0.15, 0.2) is 22.7 Å². The maximum absolute atomic E-state index is 6.05. The zero-order valence-electron chi connectivity index (χ0n) is 12.7. The average Bonchev–Trinajstić information content (AvgIpc) is 2.75. The van der Waals surface area contributed by atoms with Gasteiger partial charge >= 0.3 is 0 Å². The minimum absolute atomic E-state index is 0.171. The maximum atomic E-state index is 6.05. The van der Waals surface area contributed by atoms with Gasteiger partial charge in [0.2, 0.25) is 5.89 Å². The summed E-state index contributed by atoms with van der Waals surface area (Å²) in [6, 6.07) is 6.29. The molecule has 4 nitrogen and oxygen atoms in total. The van der Waals surface area contributed by atoms with Crippen LogP contribution in [0.25, 0.3) is 0 Å². The number of benzene rings is 1. The van der Waals surface area contributed by atoms with Crippen LogP contribution in [0, 0.1) is 19.8 Å². The molecule has 2 rings (SSSR count). The SMILES string of the molecule is Cc1cc(C)cc(Cc2noc(C(N)CC(C)C)n2)c1. The largest absolute Gasteiger partial charge is 0.338 e. The van der Waals surface area contributed by atoms with Crippen molar-refractivity contribution < 1.29 is 4.52 Å². The first-order chi connectivity index (χ1) is 9.44. The lowest BCUT2D eigenvalue weighted by atomic mass is 10.0. The molecule has 20 heavy (non-hydrogen) atoms. The van der Waals surface area contributed by atoms with Gasteiger partial charge in [-0.15, -0.1) is 0 Å². The number of hydrogen-bond acceptors (Lipinski definition) is 4. The topological polar surface area (TPSA) is 64.9 Å². The number of aryl methyl sites for hydroxylation is 2. The van der Waals surface area contributed by atoms with E-state index in [1.165, 1.54) is 16.7 Å². The Labute approximate surface area is 120 Å². The van der Waals surface area contributed by atoms with Gasteiger partial charge in [-0.05, 0) is 31.7 Å². The molecule has 0 aliphatic carbocycles. The molecule has 2 aromatic rings. The van der Waals surface area contributed by atoms with Gasteiger partial charge in [-0.2, -0.15) is 4.98 Å². The van der Waals surface area contributed by atoms with Gasteiger partial charge in [-0.3, -0.25) is 0 Å². The zero-order chi connectivity index (χ0) is 14.7. The Bertz CT molecular complexity index is 555. The van der Waals surface area contributed by atoms with E-state index in [0.717, 1.165) is 6.42 Å². The van der Waals surface area contributed by atoms with Gasteiger partial charge in [0.15, 0.2) is 5.82 Å². The Kier molecular flexibility index (Phi) is 4.55. The molecule has 0 spiro atoms. The number of hydrogen-bond donors (Lipinski definition) is 1. The molecule has 1 aromatic heterocycles. The molecule has 1 heterocycles. The van der Waals surface area contributed by atoms with Crippen molar-refractivity contribution >= 4 is 0 Å². The fraction of sp³-hybridized carbons (Fsp3) is 0.500. The molecule has 108 valence electrons. The highest BCUT2D eigenvalue weighted by Crippen LogP contribution is 2.18. The van der Waals surface area contributed by atoms with Gasteiger partial charge in [0, 0.05) is 6.42 Å². The van der Waals surface area contributed by atoms with Gasteiger partial charge < -0.3 is 10.3 Å². The van der Waals surface area contributed by atoms with Crippen LogP contribution >= 0.6 is 0 Å². The van der Waals surface area contributed by atoms with Crippen molar-refractivity contribution in [3.8, 4) is 0 Å². The number of aromatic nitrogens is 2.